The first-order valence-electron chi connectivity index (χ1n) is 3.22. The number of aldehydes is 1. The van der Waals surface area contributed by atoms with E-state index >= 15 is 0 Å². The van der Waals surface area contributed by atoms with Gasteiger partial charge in [0.15, 0.2) is 0 Å². The number of hydrogen-bond donors (Lipinski definition) is 0. The maximum Gasteiger partial charge on any atom is 0.120 e. The molecule has 0 aromatic heterocycles. The summed E-state index contributed by atoms with van der Waals surface area (Å²) in [5.41, 5.74) is 0. The zero-order chi connectivity index (χ0) is 6.53. The number of allylic oxidation sites excluding steroid dienone is 4. The molecule has 0 spiro atoms. The van der Waals surface area contributed by atoms with Crippen LogP contribution in [0.3, 0.4) is 0 Å². The Kier molecular flexibility index (Phi) is 2.25. The molecule has 0 saturated heterocycles. The number of carbonyl (C=O) groups is 1. The van der Waals surface area contributed by atoms with Crippen LogP contribution in [0, 0.1) is 5.92 Å². The van der Waals surface area contributed by atoms with Crippen LogP contribution in [-0.4, -0.2) is 6.29 Å². The lowest BCUT2D eigenvalue weighted by Crippen LogP contribution is -1.88. The van der Waals surface area contributed by atoms with Crippen LogP contribution in [0.1, 0.15) is 12.8 Å². The average Bonchev–Trinajstić information content (AvgIpc) is 2.34. The molecule has 0 unspecified atom stereocenters. The van der Waals surface area contributed by atoms with Crippen molar-refractivity contribution in [1.29, 1.82) is 0 Å². The largest absolute Gasteiger partial charge is 0.303 e. The van der Waals surface area contributed by atoms with Crippen molar-refractivity contribution in [2.24, 2.45) is 5.92 Å². The van der Waals surface area contributed by atoms with Gasteiger partial charge < -0.3 is 4.79 Å². The highest BCUT2D eigenvalue weighted by molar-refractivity contribution is 5.49. The Morgan fingerprint density at radius 2 is 2.00 bits per heavy atom. The zero-order valence-electron chi connectivity index (χ0n) is 5.29. The highest BCUT2D eigenvalue weighted by Crippen LogP contribution is 2.13. The molecular weight excluding hydrogens is 112 g/mol. The van der Waals surface area contributed by atoms with Gasteiger partial charge in [-0.2, -0.15) is 0 Å². The lowest BCUT2D eigenvalue weighted by Gasteiger charge is -1.97. The molecule has 0 radical (unpaired) electrons. The monoisotopic (exact) mass is 122 g/mol. The molecule has 1 rings (SSSR count). The Labute approximate surface area is 55.1 Å². The van der Waals surface area contributed by atoms with E-state index in [0.29, 0.717) is 12.3 Å². The van der Waals surface area contributed by atoms with Crippen LogP contribution in [0.25, 0.3) is 0 Å². The maximum absolute atomic E-state index is 9.91. The molecule has 1 nitrogen and oxygen atoms in total. The average molecular weight is 122 g/mol. The summed E-state index contributed by atoms with van der Waals surface area (Å²) in [4.78, 5) is 9.91. The molecule has 0 fully saturated rings. The van der Waals surface area contributed by atoms with Crippen LogP contribution in [-0.2, 0) is 4.79 Å². The normalized spacial score (nSPS) is 16.9. The van der Waals surface area contributed by atoms with Gasteiger partial charge >= 0.3 is 0 Å². The van der Waals surface area contributed by atoms with Gasteiger partial charge in [-0.25, -0.2) is 0 Å². The molecule has 0 aromatic rings. The molecule has 0 bridgehead atoms. The van der Waals surface area contributed by atoms with Crippen molar-refractivity contribution in [3.8, 4) is 0 Å². The first-order valence-corrected chi connectivity index (χ1v) is 3.22. The second kappa shape index (κ2) is 3.23. The van der Waals surface area contributed by atoms with E-state index in [2.05, 4.69) is 12.2 Å². The fourth-order valence-corrected chi connectivity index (χ4v) is 0.931. The molecule has 1 aliphatic carbocycles. The highest BCUT2D eigenvalue weighted by atomic mass is 16.1. The Hall–Kier alpha value is -0.850. The van der Waals surface area contributed by atoms with E-state index in [0.717, 1.165) is 12.7 Å². The molecule has 0 aliphatic heterocycles. The van der Waals surface area contributed by atoms with Crippen molar-refractivity contribution >= 4 is 6.29 Å². The molecule has 48 valence electrons. The molecule has 0 saturated carbocycles. The van der Waals surface area contributed by atoms with Crippen molar-refractivity contribution < 1.29 is 4.79 Å². The summed E-state index contributed by atoms with van der Waals surface area (Å²) >= 11 is 0. The van der Waals surface area contributed by atoms with E-state index in [1.165, 1.54) is 0 Å². The summed E-state index contributed by atoms with van der Waals surface area (Å²) in [6.45, 7) is 0. The zero-order valence-corrected chi connectivity index (χ0v) is 5.29. The van der Waals surface area contributed by atoms with E-state index in [9.17, 15) is 4.79 Å². The van der Waals surface area contributed by atoms with E-state index < -0.39 is 0 Å². The Morgan fingerprint density at radius 3 is 2.56 bits per heavy atom. The SMILES string of the molecule is O=CCCC1C=CC=C1. The predicted molar refractivity (Wildman–Crippen MR) is 37.1 cm³/mol. The van der Waals surface area contributed by atoms with Gasteiger partial charge in [0.05, 0.1) is 0 Å². The Bertz CT molecular complexity index is 133. The fourth-order valence-electron chi connectivity index (χ4n) is 0.931. The quantitative estimate of drug-likeness (QED) is 0.521. The van der Waals surface area contributed by atoms with Crippen LogP contribution >= 0.6 is 0 Å². The molecule has 0 heterocycles. The smallest absolute Gasteiger partial charge is 0.120 e. The molecule has 0 N–H and O–H groups in total. The third-order valence-electron chi connectivity index (χ3n) is 1.45. The molecular formula is C8H10O. The summed E-state index contributed by atoms with van der Waals surface area (Å²) in [6.07, 6.45) is 10.9. The summed E-state index contributed by atoms with van der Waals surface area (Å²) in [7, 11) is 0. The van der Waals surface area contributed by atoms with Crippen LogP contribution in [0.15, 0.2) is 24.3 Å². The molecule has 0 amide bonds. The molecule has 1 aliphatic rings. The number of rotatable bonds is 3. The molecule has 9 heavy (non-hydrogen) atoms. The van der Waals surface area contributed by atoms with E-state index in [1.807, 2.05) is 12.2 Å². The van der Waals surface area contributed by atoms with E-state index in [1.54, 1.807) is 0 Å². The minimum Gasteiger partial charge on any atom is -0.303 e. The number of carbonyl (C=O) groups excluding carboxylic acids is 1. The summed E-state index contributed by atoms with van der Waals surface area (Å²) < 4.78 is 0. The summed E-state index contributed by atoms with van der Waals surface area (Å²) in [5, 5.41) is 0. The second-order valence-corrected chi connectivity index (χ2v) is 2.18. The summed E-state index contributed by atoms with van der Waals surface area (Å²) in [5.74, 6) is 0.523. The van der Waals surface area contributed by atoms with Crippen LogP contribution < -0.4 is 0 Å². The Morgan fingerprint density at radius 1 is 1.33 bits per heavy atom. The van der Waals surface area contributed by atoms with Crippen LogP contribution in [0.5, 0.6) is 0 Å². The minimum absolute atomic E-state index is 0.523. The van der Waals surface area contributed by atoms with Crippen molar-refractivity contribution in [1.82, 2.24) is 0 Å². The predicted octanol–water partition coefficient (Wildman–Crippen LogP) is 1.71. The van der Waals surface area contributed by atoms with Crippen LogP contribution in [0.2, 0.25) is 0 Å². The van der Waals surface area contributed by atoms with Crippen molar-refractivity contribution in [2.45, 2.75) is 12.8 Å². The van der Waals surface area contributed by atoms with Crippen molar-refractivity contribution in [3.05, 3.63) is 24.3 Å². The van der Waals surface area contributed by atoms with Gasteiger partial charge in [0.2, 0.25) is 0 Å². The number of hydrogen-bond acceptors (Lipinski definition) is 1. The topological polar surface area (TPSA) is 17.1 Å². The van der Waals surface area contributed by atoms with Gasteiger partial charge in [0.1, 0.15) is 6.29 Å². The third-order valence-corrected chi connectivity index (χ3v) is 1.45. The van der Waals surface area contributed by atoms with E-state index in [-0.39, 0.29) is 0 Å². The highest BCUT2D eigenvalue weighted by Gasteiger charge is 2.00. The fraction of sp³-hybridized carbons (Fsp3) is 0.375. The minimum atomic E-state index is 0.523. The standard InChI is InChI=1S/C8H10O/c9-7-3-6-8-4-1-2-5-8/h1-2,4-5,7-8H,3,6H2. The molecule has 1 heteroatoms. The first-order chi connectivity index (χ1) is 4.43. The molecule has 0 aromatic carbocycles. The van der Waals surface area contributed by atoms with Gasteiger partial charge in [0, 0.05) is 6.42 Å². The summed E-state index contributed by atoms with van der Waals surface area (Å²) in [6, 6.07) is 0. The van der Waals surface area contributed by atoms with Crippen LogP contribution in [0.4, 0.5) is 0 Å². The first kappa shape index (κ1) is 6.27. The lowest BCUT2D eigenvalue weighted by atomic mass is 10.1. The van der Waals surface area contributed by atoms with Gasteiger partial charge in [0.25, 0.3) is 0 Å². The lowest BCUT2D eigenvalue weighted by molar-refractivity contribution is -0.108. The second-order valence-electron chi connectivity index (χ2n) is 2.18. The van der Waals surface area contributed by atoms with E-state index in [4.69, 9.17) is 0 Å². The van der Waals surface area contributed by atoms with Gasteiger partial charge in [-0.3, -0.25) is 0 Å². The maximum atomic E-state index is 9.91. The van der Waals surface area contributed by atoms with Gasteiger partial charge in [-0.15, -0.1) is 0 Å². The van der Waals surface area contributed by atoms with Gasteiger partial charge in [-0.05, 0) is 12.3 Å². The third kappa shape index (κ3) is 1.84. The van der Waals surface area contributed by atoms with Gasteiger partial charge in [-0.1, -0.05) is 24.3 Å². The van der Waals surface area contributed by atoms with Crippen molar-refractivity contribution in [3.63, 3.8) is 0 Å². The Balaban J connectivity index is 2.20. The molecule has 0 atom stereocenters. The van der Waals surface area contributed by atoms with Crippen molar-refractivity contribution in [2.75, 3.05) is 0 Å².